The number of aliphatic hydroxyl groups is 1. The van der Waals surface area contributed by atoms with Crippen molar-refractivity contribution < 1.29 is 33.8 Å². The third-order valence-corrected chi connectivity index (χ3v) is 10.2. The van der Waals surface area contributed by atoms with Gasteiger partial charge in [-0.2, -0.15) is 0 Å². The molecule has 250 valence electrons. The Hall–Kier alpha value is -3.51. The van der Waals surface area contributed by atoms with E-state index in [1.54, 1.807) is 48.6 Å². The maximum atomic E-state index is 14.6. The van der Waals surface area contributed by atoms with Gasteiger partial charge in [0.25, 0.3) is 5.91 Å². The van der Waals surface area contributed by atoms with E-state index < -0.39 is 53.5 Å². The van der Waals surface area contributed by atoms with E-state index in [0.29, 0.717) is 29.1 Å². The minimum absolute atomic E-state index is 0.0313. The number of carbonyl (C=O) groups excluding carboxylic acids is 4. The number of para-hydroxylation sites is 1. The number of ether oxygens (including phenoxy) is 2. The smallest absolute Gasteiger partial charge is 0.313 e. The lowest BCUT2D eigenvalue weighted by molar-refractivity contribution is -0.160. The van der Waals surface area contributed by atoms with Crippen LogP contribution in [0.5, 0.6) is 0 Å². The lowest BCUT2D eigenvalue weighted by atomic mass is 9.70. The Morgan fingerprint density at radius 1 is 1.17 bits per heavy atom. The zero-order valence-electron chi connectivity index (χ0n) is 25.9. The summed E-state index contributed by atoms with van der Waals surface area (Å²) in [6.45, 7) is 7.50. The molecule has 1 unspecified atom stereocenters. The number of hydrogen-bond donors (Lipinski definition) is 2. The van der Waals surface area contributed by atoms with Crippen molar-refractivity contribution in [2.24, 2.45) is 11.8 Å². The molecule has 5 rings (SSSR count). The lowest BCUT2D eigenvalue weighted by Crippen LogP contribution is -2.57. The Balaban J connectivity index is 1.48. The van der Waals surface area contributed by atoms with E-state index in [4.69, 9.17) is 21.1 Å². The van der Waals surface area contributed by atoms with Crippen molar-refractivity contribution in [2.75, 3.05) is 31.1 Å². The topological polar surface area (TPSA) is 125 Å². The fourth-order valence-electron chi connectivity index (χ4n) is 7.06. The van der Waals surface area contributed by atoms with Crippen LogP contribution in [0.4, 0.5) is 5.69 Å². The molecule has 0 aliphatic carbocycles. The van der Waals surface area contributed by atoms with Gasteiger partial charge in [-0.1, -0.05) is 82.1 Å². The van der Waals surface area contributed by atoms with Crippen molar-refractivity contribution in [2.45, 2.75) is 54.4 Å². The molecule has 1 spiro atoms. The van der Waals surface area contributed by atoms with Crippen LogP contribution in [0.25, 0.3) is 0 Å². The molecule has 0 radical (unpaired) electrons. The van der Waals surface area contributed by atoms with Gasteiger partial charge < -0.3 is 29.7 Å². The molecule has 12 heteroatoms. The molecule has 2 N–H and O–H groups in total. The number of alkyl halides is 1. The molecule has 7 atom stereocenters. The monoisotopic (exact) mass is 727 g/mol. The van der Waals surface area contributed by atoms with E-state index in [1.165, 1.54) is 9.80 Å². The molecule has 3 fully saturated rings. The van der Waals surface area contributed by atoms with Gasteiger partial charge in [0, 0.05) is 30.9 Å². The maximum Gasteiger partial charge on any atom is 0.313 e. The largest absolute Gasteiger partial charge is 0.455 e. The molecule has 2 aromatic rings. The molecule has 3 aliphatic heterocycles. The van der Waals surface area contributed by atoms with Gasteiger partial charge in [0.1, 0.15) is 17.7 Å². The number of rotatable bonds is 15. The van der Waals surface area contributed by atoms with Crippen LogP contribution >= 0.6 is 27.5 Å². The average molecular weight is 729 g/mol. The summed E-state index contributed by atoms with van der Waals surface area (Å²) < 4.78 is 12.7. The number of carbonyl (C=O) groups is 4. The standard InChI is InChI=1S/C35H39BrClN3O7/c1-3-5-16-27(42)38-21-26(22-12-7-6-8-13-22)46-34(45)28-29-32(43)40(18-11-19-41)31(35(29)20-23(36)30(28)47-35)33(44)39(17-4-2)25-15-10-9-14-24(25)37/h3-4,6-10,12-15,23,26,28-31,41H,1-2,5,11,16-21H2,(H,38,42)/t23?,26-,28+,29-,30+,31+,35-/m1/s1. The van der Waals surface area contributed by atoms with E-state index in [-0.39, 0.29) is 49.8 Å². The SMILES string of the molecule is C=CCCC(=O)NC[C@@H](OC(=O)[C@@H]1[C@H]2O[C@@]3(CC2Br)[C@H](C(=O)N(CC=C)c2ccccc2Cl)N(CCCO)C(=O)[C@@H]13)c1ccccc1. The number of anilines is 1. The second kappa shape index (κ2) is 15.1. The molecule has 2 aromatic carbocycles. The zero-order valence-corrected chi connectivity index (χ0v) is 28.3. The minimum Gasteiger partial charge on any atom is -0.455 e. The van der Waals surface area contributed by atoms with Crippen LogP contribution in [0.15, 0.2) is 79.9 Å². The van der Waals surface area contributed by atoms with E-state index in [2.05, 4.69) is 34.4 Å². The normalized spacial score (nSPS) is 26.4. The molecule has 3 amide bonds. The fraction of sp³-hybridized carbons (Fsp3) is 0.429. The molecule has 3 saturated heterocycles. The Labute approximate surface area is 287 Å². The van der Waals surface area contributed by atoms with Gasteiger partial charge in [-0.05, 0) is 37.0 Å². The highest BCUT2D eigenvalue weighted by atomic mass is 79.9. The van der Waals surface area contributed by atoms with Gasteiger partial charge in [0.15, 0.2) is 0 Å². The van der Waals surface area contributed by atoms with Gasteiger partial charge in [0.05, 0.1) is 35.2 Å². The predicted octanol–water partition coefficient (Wildman–Crippen LogP) is 4.36. The number of allylic oxidation sites excluding steroid dienone is 1. The molecule has 2 bridgehead atoms. The Bertz CT molecular complexity index is 1510. The molecule has 0 aromatic heterocycles. The number of nitrogens with one attached hydrogen (secondary N) is 1. The highest BCUT2D eigenvalue weighted by Crippen LogP contribution is 2.60. The Morgan fingerprint density at radius 2 is 1.89 bits per heavy atom. The summed E-state index contributed by atoms with van der Waals surface area (Å²) in [5, 5.41) is 12.9. The number of likely N-dealkylation sites (tertiary alicyclic amines) is 1. The predicted molar refractivity (Wildman–Crippen MR) is 181 cm³/mol. The quantitative estimate of drug-likeness (QED) is 0.159. The number of halogens is 2. The molecule has 0 saturated carbocycles. The van der Waals surface area contributed by atoms with Crippen molar-refractivity contribution >= 4 is 56.9 Å². The number of fused-ring (bicyclic) bond motifs is 1. The van der Waals surface area contributed by atoms with Crippen molar-refractivity contribution in [3.63, 3.8) is 0 Å². The third kappa shape index (κ3) is 6.76. The number of benzene rings is 2. The number of amides is 3. The van der Waals surface area contributed by atoms with Gasteiger partial charge in [-0.25, -0.2) is 0 Å². The lowest BCUT2D eigenvalue weighted by Gasteiger charge is -2.37. The summed E-state index contributed by atoms with van der Waals surface area (Å²) in [5.74, 6) is -3.72. The number of aliphatic hydroxyl groups excluding tert-OH is 1. The first-order chi connectivity index (χ1) is 22.7. The van der Waals surface area contributed by atoms with E-state index >= 15 is 0 Å². The van der Waals surface area contributed by atoms with Crippen LogP contribution in [0, 0.1) is 11.8 Å². The van der Waals surface area contributed by atoms with Gasteiger partial charge in [-0.15, -0.1) is 13.2 Å². The van der Waals surface area contributed by atoms with Crippen molar-refractivity contribution in [1.82, 2.24) is 10.2 Å². The summed E-state index contributed by atoms with van der Waals surface area (Å²) in [5.41, 5.74) is -0.212. The molecular weight excluding hydrogens is 690 g/mol. The zero-order chi connectivity index (χ0) is 33.7. The number of nitrogens with zero attached hydrogens (tertiary/aromatic N) is 2. The second-order valence-corrected chi connectivity index (χ2v) is 13.5. The molecular formula is C35H39BrClN3O7. The van der Waals surface area contributed by atoms with Gasteiger partial charge >= 0.3 is 5.97 Å². The number of hydrogen-bond acceptors (Lipinski definition) is 7. The van der Waals surface area contributed by atoms with E-state index in [1.807, 2.05) is 18.2 Å². The first-order valence-electron chi connectivity index (χ1n) is 15.7. The summed E-state index contributed by atoms with van der Waals surface area (Å²) in [4.78, 5) is 58.1. The summed E-state index contributed by atoms with van der Waals surface area (Å²) in [7, 11) is 0. The van der Waals surface area contributed by atoms with Crippen LogP contribution in [0.1, 0.15) is 37.4 Å². The van der Waals surface area contributed by atoms with Gasteiger partial charge in [0.2, 0.25) is 11.8 Å². The minimum atomic E-state index is -1.34. The molecule has 3 aliphatic rings. The summed E-state index contributed by atoms with van der Waals surface area (Å²) >= 11 is 10.2. The summed E-state index contributed by atoms with van der Waals surface area (Å²) in [6.07, 6.45) is 2.95. The fourth-order valence-corrected chi connectivity index (χ4v) is 8.24. The summed E-state index contributed by atoms with van der Waals surface area (Å²) in [6, 6.07) is 14.9. The molecule has 47 heavy (non-hydrogen) atoms. The third-order valence-electron chi connectivity index (χ3n) is 9.06. The second-order valence-electron chi connectivity index (χ2n) is 11.9. The van der Waals surface area contributed by atoms with E-state index in [0.717, 1.165) is 0 Å². The number of esters is 1. The Morgan fingerprint density at radius 3 is 2.57 bits per heavy atom. The van der Waals surface area contributed by atoms with Crippen LogP contribution in [0.3, 0.4) is 0 Å². The van der Waals surface area contributed by atoms with Crippen LogP contribution < -0.4 is 10.2 Å². The first-order valence-corrected chi connectivity index (χ1v) is 17.0. The molecule has 3 heterocycles. The highest BCUT2D eigenvalue weighted by molar-refractivity contribution is 9.09. The van der Waals surface area contributed by atoms with E-state index in [9.17, 15) is 24.3 Å². The van der Waals surface area contributed by atoms with Crippen molar-refractivity contribution in [3.05, 3.63) is 90.5 Å². The average Bonchev–Trinajstić information content (AvgIpc) is 3.67. The first kappa shape index (κ1) is 34.8. The van der Waals surface area contributed by atoms with Crippen LogP contribution in [0.2, 0.25) is 5.02 Å². The van der Waals surface area contributed by atoms with Crippen LogP contribution in [-0.4, -0.2) is 82.5 Å². The molecule has 10 nitrogen and oxygen atoms in total. The maximum absolute atomic E-state index is 14.6. The van der Waals surface area contributed by atoms with Gasteiger partial charge in [-0.3, -0.25) is 19.2 Å². The highest BCUT2D eigenvalue weighted by Gasteiger charge is 2.77. The van der Waals surface area contributed by atoms with Crippen molar-refractivity contribution in [3.8, 4) is 0 Å². The van der Waals surface area contributed by atoms with Crippen LogP contribution in [-0.2, 0) is 28.7 Å². The van der Waals surface area contributed by atoms with Crippen molar-refractivity contribution in [1.29, 1.82) is 0 Å². The Kier molecular flexibility index (Phi) is 11.2.